The third-order valence-corrected chi connectivity index (χ3v) is 3.86. The molecule has 21 heavy (non-hydrogen) atoms. The van der Waals surface area contributed by atoms with Gasteiger partial charge in [0.25, 0.3) is 5.91 Å². The van der Waals surface area contributed by atoms with Gasteiger partial charge in [-0.2, -0.15) is 0 Å². The van der Waals surface area contributed by atoms with E-state index in [1.54, 1.807) is 18.5 Å². The molecule has 0 aliphatic carbocycles. The summed E-state index contributed by atoms with van der Waals surface area (Å²) in [5.74, 6) is 0.851. The van der Waals surface area contributed by atoms with Gasteiger partial charge in [-0.1, -0.05) is 18.2 Å². The van der Waals surface area contributed by atoms with Gasteiger partial charge >= 0.3 is 0 Å². The monoisotopic (exact) mass is 346 g/mol. The Kier molecular flexibility index (Phi) is 4.20. The predicted molar refractivity (Wildman–Crippen MR) is 83.3 cm³/mol. The van der Waals surface area contributed by atoms with Gasteiger partial charge in [-0.05, 0) is 34.1 Å². The zero-order valence-electron chi connectivity index (χ0n) is 11.4. The van der Waals surface area contributed by atoms with Crippen LogP contribution in [0.3, 0.4) is 0 Å². The quantitative estimate of drug-likeness (QED) is 0.857. The Labute approximate surface area is 131 Å². The molecule has 0 bridgehead atoms. The second-order valence-electron chi connectivity index (χ2n) is 4.98. The van der Waals surface area contributed by atoms with Crippen LogP contribution < -0.4 is 4.74 Å². The van der Waals surface area contributed by atoms with Crippen molar-refractivity contribution < 1.29 is 9.53 Å². The third-order valence-electron chi connectivity index (χ3n) is 3.43. The molecule has 1 fully saturated rings. The fourth-order valence-electron chi connectivity index (χ4n) is 2.41. The average molecular weight is 347 g/mol. The normalized spacial score (nSPS) is 17.8. The van der Waals surface area contributed by atoms with Crippen molar-refractivity contribution >= 4 is 21.8 Å². The molecule has 0 radical (unpaired) electrons. The van der Waals surface area contributed by atoms with Crippen molar-refractivity contribution in [3.63, 3.8) is 0 Å². The minimum Gasteiger partial charge on any atom is -0.489 e. The van der Waals surface area contributed by atoms with Crippen molar-refractivity contribution in [3.05, 3.63) is 58.8 Å². The van der Waals surface area contributed by atoms with Gasteiger partial charge in [0.15, 0.2) is 0 Å². The Bertz CT molecular complexity index is 633. The summed E-state index contributed by atoms with van der Waals surface area (Å²) in [4.78, 5) is 18.3. The number of carbonyl (C=O) groups excluding carboxylic acids is 1. The van der Waals surface area contributed by atoms with Gasteiger partial charge in [-0.25, -0.2) is 0 Å². The summed E-state index contributed by atoms with van der Waals surface area (Å²) in [6.45, 7) is 1.32. The van der Waals surface area contributed by atoms with Crippen molar-refractivity contribution in [2.75, 3.05) is 13.1 Å². The van der Waals surface area contributed by atoms with Crippen LogP contribution in [0.15, 0.2) is 53.3 Å². The molecule has 1 saturated heterocycles. The molecule has 1 atom stereocenters. The predicted octanol–water partition coefficient (Wildman–Crippen LogP) is 3.14. The van der Waals surface area contributed by atoms with Crippen molar-refractivity contribution in [3.8, 4) is 5.75 Å². The fourth-order valence-corrected chi connectivity index (χ4v) is 2.78. The minimum atomic E-state index is 0.00274. The maximum absolute atomic E-state index is 12.4. The lowest BCUT2D eigenvalue weighted by atomic mass is 10.2. The number of likely N-dealkylation sites (tertiary alicyclic amines) is 1. The number of halogens is 1. The molecule has 1 aromatic heterocycles. The average Bonchev–Trinajstić information content (AvgIpc) is 2.96. The number of rotatable bonds is 3. The van der Waals surface area contributed by atoms with Crippen LogP contribution in [0.25, 0.3) is 0 Å². The Morgan fingerprint density at radius 3 is 2.86 bits per heavy atom. The van der Waals surface area contributed by atoms with Crippen LogP contribution in [0.4, 0.5) is 0 Å². The number of hydrogen-bond acceptors (Lipinski definition) is 3. The third kappa shape index (κ3) is 3.42. The highest BCUT2D eigenvalue weighted by molar-refractivity contribution is 9.10. The van der Waals surface area contributed by atoms with Crippen LogP contribution in [-0.2, 0) is 0 Å². The molecule has 2 aromatic rings. The van der Waals surface area contributed by atoms with E-state index < -0.39 is 0 Å². The highest BCUT2D eigenvalue weighted by Crippen LogP contribution is 2.20. The van der Waals surface area contributed by atoms with Crippen molar-refractivity contribution in [2.45, 2.75) is 12.5 Å². The van der Waals surface area contributed by atoms with Gasteiger partial charge in [0.05, 0.1) is 12.1 Å². The first-order chi connectivity index (χ1) is 10.2. The van der Waals surface area contributed by atoms with Crippen molar-refractivity contribution in [2.24, 2.45) is 0 Å². The maximum Gasteiger partial charge on any atom is 0.255 e. The number of ether oxygens (including phenoxy) is 1. The van der Waals surface area contributed by atoms with Gasteiger partial charge in [0, 0.05) is 29.8 Å². The van der Waals surface area contributed by atoms with Crippen LogP contribution in [0.2, 0.25) is 0 Å². The van der Waals surface area contributed by atoms with E-state index in [4.69, 9.17) is 4.74 Å². The van der Waals surface area contributed by atoms with Crippen molar-refractivity contribution in [1.29, 1.82) is 0 Å². The fraction of sp³-hybridized carbons (Fsp3) is 0.250. The summed E-state index contributed by atoms with van der Waals surface area (Å²) in [5.41, 5.74) is 0.602. The summed E-state index contributed by atoms with van der Waals surface area (Å²) in [5, 5.41) is 0. The van der Waals surface area contributed by atoms with Gasteiger partial charge in [-0.15, -0.1) is 0 Å². The second kappa shape index (κ2) is 6.26. The summed E-state index contributed by atoms with van der Waals surface area (Å²) in [7, 11) is 0. The molecular formula is C16H15BrN2O2. The number of benzene rings is 1. The van der Waals surface area contributed by atoms with E-state index in [1.807, 2.05) is 35.2 Å². The smallest absolute Gasteiger partial charge is 0.255 e. The molecule has 1 unspecified atom stereocenters. The topological polar surface area (TPSA) is 42.4 Å². The summed E-state index contributed by atoms with van der Waals surface area (Å²) < 4.78 is 6.71. The molecule has 1 aliphatic heterocycles. The first-order valence-corrected chi connectivity index (χ1v) is 7.63. The summed E-state index contributed by atoms with van der Waals surface area (Å²) in [6, 6.07) is 11.5. The minimum absolute atomic E-state index is 0.00274. The van der Waals surface area contributed by atoms with Gasteiger partial charge < -0.3 is 9.64 Å². The lowest BCUT2D eigenvalue weighted by molar-refractivity contribution is 0.0772. The lowest BCUT2D eigenvalue weighted by Crippen LogP contribution is -2.31. The number of carbonyl (C=O) groups is 1. The van der Waals surface area contributed by atoms with Crippen LogP contribution in [0, 0.1) is 0 Å². The molecule has 1 amide bonds. The molecule has 0 spiro atoms. The molecule has 1 aliphatic rings. The van der Waals surface area contributed by atoms with E-state index in [0.717, 1.165) is 16.6 Å². The Morgan fingerprint density at radius 1 is 1.29 bits per heavy atom. The maximum atomic E-state index is 12.4. The van der Waals surface area contributed by atoms with E-state index in [2.05, 4.69) is 20.9 Å². The van der Waals surface area contributed by atoms with E-state index in [1.165, 1.54) is 0 Å². The molecule has 108 valence electrons. The molecule has 4 nitrogen and oxygen atoms in total. The van der Waals surface area contributed by atoms with Crippen LogP contribution in [0.1, 0.15) is 16.8 Å². The highest BCUT2D eigenvalue weighted by Gasteiger charge is 2.28. The van der Waals surface area contributed by atoms with E-state index in [9.17, 15) is 4.79 Å². The summed E-state index contributed by atoms with van der Waals surface area (Å²) >= 11 is 3.34. The van der Waals surface area contributed by atoms with E-state index in [0.29, 0.717) is 18.7 Å². The van der Waals surface area contributed by atoms with Crippen molar-refractivity contribution in [1.82, 2.24) is 9.88 Å². The Balaban J connectivity index is 1.63. The van der Waals surface area contributed by atoms with Gasteiger partial charge in [0.2, 0.25) is 0 Å². The van der Waals surface area contributed by atoms with Crippen LogP contribution >= 0.6 is 15.9 Å². The van der Waals surface area contributed by atoms with Gasteiger partial charge in [-0.3, -0.25) is 9.78 Å². The second-order valence-corrected chi connectivity index (χ2v) is 5.90. The van der Waals surface area contributed by atoms with Gasteiger partial charge in [0.1, 0.15) is 11.9 Å². The highest BCUT2D eigenvalue weighted by atomic mass is 79.9. The van der Waals surface area contributed by atoms with E-state index >= 15 is 0 Å². The molecule has 3 rings (SSSR count). The molecule has 0 N–H and O–H groups in total. The largest absolute Gasteiger partial charge is 0.489 e. The summed E-state index contributed by atoms with van der Waals surface area (Å²) in [6.07, 6.45) is 4.17. The number of amides is 1. The Hall–Kier alpha value is -1.88. The lowest BCUT2D eigenvalue weighted by Gasteiger charge is -2.17. The number of aromatic nitrogens is 1. The molecular weight excluding hydrogens is 332 g/mol. The first kappa shape index (κ1) is 14.1. The standard InChI is InChI=1S/C16H15BrN2O2/c17-13-8-12(9-18-10-13)16(20)19-7-6-15(11-19)21-14-4-2-1-3-5-14/h1-5,8-10,15H,6-7,11H2. The SMILES string of the molecule is O=C(c1cncc(Br)c1)N1CCC(Oc2ccccc2)C1. The first-order valence-electron chi connectivity index (χ1n) is 6.84. The van der Waals surface area contributed by atoms with Crippen LogP contribution in [0.5, 0.6) is 5.75 Å². The molecule has 5 heteroatoms. The zero-order valence-corrected chi connectivity index (χ0v) is 13.0. The number of nitrogens with zero attached hydrogens (tertiary/aromatic N) is 2. The Morgan fingerprint density at radius 2 is 2.10 bits per heavy atom. The molecule has 2 heterocycles. The van der Waals surface area contributed by atoms with E-state index in [-0.39, 0.29) is 12.0 Å². The molecule has 1 aromatic carbocycles. The van der Waals surface area contributed by atoms with Crippen LogP contribution in [-0.4, -0.2) is 35.0 Å². The molecule has 0 saturated carbocycles. The number of hydrogen-bond donors (Lipinski definition) is 0. The zero-order chi connectivity index (χ0) is 14.7. The number of pyridine rings is 1. The number of para-hydroxylation sites is 1.